The smallest absolute Gasteiger partial charge is 0.177 e. The predicted octanol–water partition coefficient (Wildman–Crippen LogP) is 2.57. The van der Waals surface area contributed by atoms with Gasteiger partial charge in [-0.1, -0.05) is 0 Å². The zero-order valence-electron chi connectivity index (χ0n) is 8.03. The van der Waals surface area contributed by atoms with E-state index >= 15 is 0 Å². The van der Waals surface area contributed by atoms with Crippen LogP contribution in [0.2, 0.25) is 0 Å². The van der Waals surface area contributed by atoms with Crippen LogP contribution in [0.4, 0.5) is 0 Å². The van der Waals surface area contributed by atoms with Crippen molar-refractivity contribution in [3.8, 4) is 0 Å². The summed E-state index contributed by atoms with van der Waals surface area (Å²) < 4.78 is 6.52. The van der Waals surface area contributed by atoms with Gasteiger partial charge in [0.1, 0.15) is 11.9 Å². The zero-order valence-corrected chi connectivity index (χ0v) is 9.62. The second-order valence-electron chi connectivity index (χ2n) is 3.65. The molecule has 0 saturated carbocycles. The molecule has 0 aromatic carbocycles. The Kier molecular flexibility index (Phi) is 2.21. The quantitative estimate of drug-likeness (QED) is 0.864. The van der Waals surface area contributed by atoms with Crippen LogP contribution in [-0.4, -0.2) is 21.6 Å². The lowest BCUT2D eigenvalue weighted by atomic mass is 10.2. The van der Waals surface area contributed by atoms with Gasteiger partial charge in [-0.15, -0.1) is 0 Å². The van der Waals surface area contributed by atoms with Crippen LogP contribution in [0.3, 0.4) is 0 Å². The molecule has 0 spiro atoms. The number of aromatic nitrogens is 3. The van der Waals surface area contributed by atoms with Crippen LogP contribution >= 0.6 is 15.9 Å². The van der Waals surface area contributed by atoms with E-state index in [0.717, 1.165) is 40.9 Å². The minimum Gasteiger partial charge on any atom is -0.370 e. The first kappa shape index (κ1) is 9.30. The highest BCUT2D eigenvalue weighted by Crippen LogP contribution is 2.27. The van der Waals surface area contributed by atoms with Crippen molar-refractivity contribution in [2.75, 3.05) is 6.61 Å². The molecule has 2 aromatic rings. The van der Waals surface area contributed by atoms with Crippen molar-refractivity contribution in [3.05, 3.63) is 22.6 Å². The summed E-state index contributed by atoms with van der Waals surface area (Å²) in [7, 11) is 0. The number of halogens is 1. The molecule has 0 radical (unpaired) electrons. The van der Waals surface area contributed by atoms with Gasteiger partial charge in [-0.25, -0.2) is 9.97 Å². The van der Waals surface area contributed by atoms with Crippen LogP contribution in [0.1, 0.15) is 24.8 Å². The van der Waals surface area contributed by atoms with E-state index in [1.807, 2.05) is 6.07 Å². The third-order valence-electron chi connectivity index (χ3n) is 2.56. The Balaban J connectivity index is 2.05. The molecule has 5 heteroatoms. The number of rotatable bonds is 1. The summed E-state index contributed by atoms with van der Waals surface area (Å²) in [5, 5.41) is 0. The summed E-state index contributed by atoms with van der Waals surface area (Å²) in [6.07, 6.45) is 4.03. The monoisotopic (exact) mass is 267 g/mol. The number of fused-ring (bicyclic) bond motifs is 1. The van der Waals surface area contributed by atoms with Crippen molar-refractivity contribution in [2.45, 2.75) is 18.9 Å². The number of hydrogen-bond acceptors (Lipinski definition) is 3. The van der Waals surface area contributed by atoms with Gasteiger partial charge in [0, 0.05) is 17.3 Å². The lowest BCUT2D eigenvalue weighted by Crippen LogP contribution is -1.97. The van der Waals surface area contributed by atoms with E-state index in [1.165, 1.54) is 0 Å². The fourth-order valence-electron chi connectivity index (χ4n) is 1.84. The van der Waals surface area contributed by atoms with Gasteiger partial charge in [-0.3, -0.25) is 0 Å². The molecule has 1 aliphatic heterocycles. The number of ether oxygens (including phenoxy) is 1. The van der Waals surface area contributed by atoms with Gasteiger partial charge in [0.2, 0.25) is 0 Å². The molecular formula is C10H10BrN3O. The third kappa shape index (κ3) is 1.66. The van der Waals surface area contributed by atoms with E-state index < -0.39 is 0 Å². The molecule has 1 N–H and O–H groups in total. The van der Waals surface area contributed by atoms with E-state index in [0.29, 0.717) is 0 Å². The van der Waals surface area contributed by atoms with Crippen LogP contribution in [0.15, 0.2) is 16.7 Å². The van der Waals surface area contributed by atoms with Gasteiger partial charge in [0.15, 0.2) is 5.65 Å². The number of nitrogens with zero attached hydrogens (tertiary/aromatic N) is 2. The van der Waals surface area contributed by atoms with Gasteiger partial charge >= 0.3 is 0 Å². The van der Waals surface area contributed by atoms with Crippen LogP contribution in [-0.2, 0) is 4.74 Å². The number of H-pyrrole nitrogens is 1. The summed E-state index contributed by atoms with van der Waals surface area (Å²) in [5.41, 5.74) is 1.71. The number of imidazole rings is 1. The standard InChI is InChI=1S/C10H10BrN3O/c11-6-4-7-9(12-5-6)14-10(13-7)8-2-1-3-15-8/h4-5,8H,1-3H2,(H,12,13,14). The summed E-state index contributed by atoms with van der Waals surface area (Å²) in [4.78, 5) is 11.9. The van der Waals surface area contributed by atoms with E-state index in [9.17, 15) is 0 Å². The number of aromatic amines is 1. The molecule has 3 rings (SSSR count). The molecule has 1 atom stereocenters. The molecule has 2 aromatic heterocycles. The Bertz CT molecular complexity index is 490. The molecule has 0 bridgehead atoms. The van der Waals surface area contributed by atoms with Crippen molar-refractivity contribution in [1.82, 2.24) is 15.0 Å². The van der Waals surface area contributed by atoms with Crippen molar-refractivity contribution < 1.29 is 4.74 Å². The molecule has 1 saturated heterocycles. The van der Waals surface area contributed by atoms with Crippen LogP contribution in [0.25, 0.3) is 11.2 Å². The lowest BCUT2D eigenvalue weighted by Gasteiger charge is -2.03. The highest BCUT2D eigenvalue weighted by atomic mass is 79.9. The summed E-state index contributed by atoms with van der Waals surface area (Å²) in [6.45, 7) is 0.832. The van der Waals surface area contributed by atoms with Gasteiger partial charge < -0.3 is 9.72 Å². The molecule has 1 aliphatic rings. The number of pyridine rings is 1. The number of hydrogen-bond donors (Lipinski definition) is 1. The topological polar surface area (TPSA) is 50.8 Å². The summed E-state index contributed by atoms with van der Waals surface area (Å²) >= 11 is 3.38. The van der Waals surface area contributed by atoms with Gasteiger partial charge in [-0.05, 0) is 34.8 Å². The molecular weight excluding hydrogens is 258 g/mol. The molecule has 15 heavy (non-hydrogen) atoms. The molecule has 1 fully saturated rings. The fourth-order valence-corrected chi connectivity index (χ4v) is 2.17. The second kappa shape index (κ2) is 3.57. The van der Waals surface area contributed by atoms with Crippen molar-refractivity contribution in [3.63, 3.8) is 0 Å². The number of nitrogens with one attached hydrogen (secondary N) is 1. The van der Waals surface area contributed by atoms with E-state index in [1.54, 1.807) is 6.20 Å². The fraction of sp³-hybridized carbons (Fsp3) is 0.400. The Morgan fingerprint density at radius 1 is 1.53 bits per heavy atom. The first-order valence-electron chi connectivity index (χ1n) is 4.96. The van der Waals surface area contributed by atoms with Gasteiger partial charge in [-0.2, -0.15) is 0 Å². The highest BCUT2D eigenvalue weighted by molar-refractivity contribution is 9.10. The zero-order chi connectivity index (χ0) is 10.3. The average molecular weight is 268 g/mol. The summed E-state index contributed by atoms with van der Waals surface area (Å²) in [6, 6.07) is 1.98. The Morgan fingerprint density at radius 2 is 2.47 bits per heavy atom. The van der Waals surface area contributed by atoms with Crippen molar-refractivity contribution in [2.24, 2.45) is 0 Å². The minimum atomic E-state index is 0.123. The largest absolute Gasteiger partial charge is 0.370 e. The normalized spacial score (nSPS) is 21.3. The van der Waals surface area contributed by atoms with Crippen molar-refractivity contribution >= 4 is 27.1 Å². The predicted molar refractivity (Wildman–Crippen MR) is 59.5 cm³/mol. The van der Waals surface area contributed by atoms with E-state index in [2.05, 4.69) is 30.9 Å². The maximum Gasteiger partial charge on any atom is 0.177 e. The molecule has 1 unspecified atom stereocenters. The SMILES string of the molecule is Brc1cnc2nc(C3CCCO3)[nH]c2c1. The van der Waals surface area contributed by atoms with Gasteiger partial charge in [0.25, 0.3) is 0 Å². The van der Waals surface area contributed by atoms with Crippen molar-refractivity contribution in [1.29, 1.82) is 0 Å². The second-order valence-corrected chi connectivity index (χ2v) is 4.56. The van der Waals surface area contributed by atoms with E-state index in [-0.39, 0.29) is 6.10 Å². The summed E-state index contributed by atoms with van der Waals surface area (Å²) in [5.74, 6) is 0.896. The minimum absolute atomic E-state index is 0.123. The molecule has 0 aliphatic carbocycles. The Morgan fingerprint density at radius 3 is 3.27 bits per heavy atom. The Labute approximate surface area is 95.2 Å². The average Bonchev–Trinajstić information content (AvgIpc) is 2.84. The first-order valence-corrected chi connectivity index (χ1v) is 5.75. The van der Waals surface area contributed by atoms with Crippen LogP contribution in [0, 0.1) is 0 Å². The van der Waals surface area contributed by atoms with E-state index in [4.69, 9.17) is 4.74 Å². The maximum atomic E-state index is 5.57. The molecule has 4 nitrogen and oxygen atoms in total. The molecule has 78 valence electrons. The Hall–Kier alpha value is -0.940. The van der Waals surface area contributed by atoms with Gasteiger partial charge in [0.05, 0.1) is 5.52 Å². The highest BCUT2D eigenvalue weighted by Gasteiger charge is 2.21. The molecule has 3 heterocycles. The van der Waals surface area contributed by atoms with Crippen LogP contribution < -0.4 is 0 Å². The molecule has 0 amide bonds. The lowest BCUT2D eigenvalue weighted by molar-refractivity contribution is 0.106. The van der Waals surface area contributed by atoms with Crippen LogP contribution in [0.5, 0.6) is 0 Å². The maximum absolute atomic E-state index is 5.57. The first-order chi connectivity index (χ1) is 7.33. The third-order valence-corrected chi connectivity index (χ3v) is 2.99.